The Morgan fingerprint density at radius 2 is 1.95 bits per heavy atom. The zero-order chi connectivity index (χ0) is 15.4. The van der Waals surface area contributed by atoms with Crippen LogP contribution in [0.1, 0.15) is 36.8 Å². The van der Waals surface area contributed by atoms with Crippen LogP contribution < -0.4 is 5.73 Å². The van der Waals surface area contributed by atoms with Gasteiger partial charge in [0.05, 0.1) is 16.4 Å². The molecule has 0 radical (unpaired) electrons. The number of hydrogen-bond donors (Lipinski definition) is 1. The van der Waals surface area contributed by atoms with Crippen molar-refractivity contribution in [2.24, 2.45) is 5.73 Å². The minimum absolute atomic E-state index is 0.0647. The second-order valence-corrected chi connectivity index (χ2v) is 6.22. The van der Waals surface area contributed by atoms with E-state index in [9.17, 15) is 0 Å². The molecule has 1 aromatic carbocycles. The number of rotatable bonds is 6. The van der Waals surface area contributed by atoms with Crippen molar-refractivity contribution in [3.05, 3.63) is 46.2 Å². The van der Waals surface area contributed by atoms with Crippen LogP contribution in [0, 0.1) is 0 Å². The van der Waals surface area contributed by atoms with Gasteiger partial charge in [0.25, 0.3) is 0 Å². The van der Waals surface area contributed by atoms with Gasteiger partial charge in [0, 0.05) is 23.9 Å². The van der Waals surface area contributed by atoms with Gasteiger partial charge in [-0.3, -0.25) is 4.68 Å². The average Bonchev–Trinajstić information content (AvgIpc) is 2.83. The molecule has 0 amide bonds. The predicted octanol–water partition coefficient (Wildman–Crippen LogP) is 4.08. The largest absolute Gasteiger partial charge is 0.324 e. The van der Waals surface area contributed by atoms with Crippen molar-refractivity contribution in [2.45, 2.75) is 44.2 Å². The zero-order valence-corrected chi connectivity index (χ0v) is 14.3. The van der Waals surface area contributed by atoms with Gasteiger partial charge < -0.3 is 5.73 Å². The van der Waals surface area contributed by atoms with Crippen molar-refractivity contribution in [1.29, 1.82) is 0 Å². The number of halogens is 1. The minimum atomic E-state index is -0.0647. The molecule has 2 N–H and O–H groups in total. The van der Waals surface area contributed by atoms with E-state index in [0.717, 1.165) is 34.9 Å². The highest BCUT2D eigenvalue weighted by Crippen LogP contribution is 2.26. The fraction of sp³-hybridized carbons (Fsp3) is 0.438. The Morgan fingerprint density at radius 1 is 1.29 bits per heavy atom. The van der Waals surface area contributed by atoms with Crippen molar-refractivity contribution in [2.75, 3.05) is 6.26 Å². The molecule has 1 aromatic heterocycles. The van der Waals surface area contributed by atoms with Gasteiger partial charge >= 0.3 is 0 Å². The highest BCUT2D eigenvalue weighted by atomic mass is 35.5. The van der Waals surface area contributed by atoms with Gasteiger partial charge in [0.15, 0.2) is 0 Å². The predicted molar refractivity (Wildman–Crippen MR) is 91.1 cm³/mol. The summed E-state index contributed by atoms with van der Waals surface area (Å²) < 4.78 is 1.97. The molecular formula is C16H22ClN3S. The second-order valence-electron chi connectivity index (χ2n) is 4.96. The molecule has 1 unspecified atom stereocenters. The monoisotopic (exact) mass is 323 g/mol. The van der Waals surface area contributed by atoms with Crippen molar-refractivity contribution < 1.29 is 0 Å². The fourth-order valence-corrected chi connectivity index (χ4v) is 3.14. The minimum Gasteiger partial charge on any atom is -0.324 e. The molecule has 0 bridgehead atoms. The van der Waals surface area contributed by atoms with Crippen LogP contribution in [0.15, 0.2) is 29.2 Å². The van der Waals surface area contributed by atoms with E-state index in [1.807, 2.05) is 4.68 Å². The number of hydrogen-bond acceptors (Lipinski definition) is 3. The van der Waals surface area contributed by atoms with E-state index >= 15 is 0 Å². The maximum atomic E-state index is 6.45. The van der Waals surface area contributed by atoms with E-state index in [0.29, 0.717) is 6.42 Å². The van der Waals surface area contributed by atoms with Crippen molar-refractivity contribution >= 4 is 23.4 Å². The molecule has 21 heavy (non-hydrogen) atoms. The van der Waals surface area contributed by atoms with Gasteiger partial charge in [-0.05, 0) is 37.3 Å². The molecule has 0 saturated carbocycles. The topological polar surface area (TPSA) is 43.8 Å². The molecular weight excluding hydrogens is 302 g/mol. The van der Waals surface area contributed by atoms with Crippen LogP contribution in [0.2, 0.25) is 5.02 Å². The average molecular weight is 324 g/mol. The van der Waals surface area contributed by atoms with Gasteiger partial charge in [0.1, 0.15) is 0 Å². The van der Waals surface area contributed by atoms with Gasteiger partial charge in [-0.25, -0.2) is 0 Å². The number of aromatic nitrogens is 2. The lowest BCUT2D eigenvalue weighted by molar-refractivity contribution is 0.585. The Morgan fingerprint density at radius 3 is 2.48 bits per heavy atom. The van der Waals surface area contributed by atoms with Crippen LogP contribution in [-0.4, -0.2) is 16.0 Å². The summed E-state index contributed by atoms with van der Waals surface area (Å²) >= 11 is 8.18. The van der Waals surface area contributed by atoms with Crippen LogP contribution in [0.5, 0.6) is 0 Å². The summed E-state index contributed by atoms with van der Waals surface area (Å²) in [7, 11) is 0. The van der Waals surface area contributed by atoms with Crippen molar-refractivity contribution in [3.8, 4) is 0 Å². The summed E-state index contributed by atoms with van der Waals surface area (Å²) in [4.78, 5) is 1.25. The first-order valence-electron chi connectivity index (χ1n) is 7.24. The number of nitrogens with zero attached hydrogens (tertiary/aromatic N) is 2. The van der Waals surface area contributed by atoms with Crippen LogP contribution >= 0.6 is 23.4 Å². The Balaban J connectivity index is 2.22. The molecule has 1 atom stereocenters. The van der Waals surface area contributed by atoms with Gasteiger partial charge in [-0.1, -0.05) is 30.7 Å². The van der Waals surface area contributed by atoms with Gasteiger partial charge in [-0.15, -0.1) is 11.8 Å². The van der Waals surface area contributed by atoms with Crippen LogP contribution in [0.3, 0.4) is 0 Å². The Hall–Kier alpha value is -0.970. The molecule has 2 rings (SSSR count). The Labute approximate surface area is 135 Å². The number of thioether (sulfide) groups is 1. The first-order valence-corrected chi connectivity index (χ1v) is 8.84. The summed E-state index contributed by atoms with van der Waals surface area (Å²) in [6.07, 6.45) is 3.62. The third-order valence-corrected chi connectivity index (χ3v) is 4.83. The van der Waals surface area contributed by atoms with Gasteiger partial charge in [0.2, 0.25) is 0 Å². The van der Waals surface area contributed by atoms with E-state index in [4.69, 9.17) is 17.3 Å². The first-order chi connectivity index (χ1) is 10.1. The quantitative estimate of drug-likeness (QED) is 0.814. The van der Waals surface area contributed by atoms with Crippen molar-refractivity contribution in [1.82, 2.24) is 9.78 Å². The SMILES string of the molecule is CCc1nn(CC)c(CC(N)c2ccc(SC)cc2)c1Cl. The molecule has 0 aliphatic heterocycles. The number of benzene rings is 1. The molecule has 1 heterocycles. The molecule has 114 valence electrons. The third-order valence-electron chi connectivity index (χ3n) is 3.65. The molecule has 2 aromatic rings. The van der Waals surface area contributed by atoms with E-state index in [2.05, 4.69) is 49.5 Å². The first kappa shape index (κ1) is 16.4. The molecule has 0 fully saturated rings. The normalized spacial score (nSPS) is 12.6. The smallest absolute Gasteiger partial charge is 0.0850 e. The van der Waals surface area contributed by atoms with E-state index < -0.39 is 0 Å². The Kier molecular flexibility index (Phi) is 5.73. The lowest BCUT2D eigenvalue weighted by Gasteiger charge is -2.14. The van der Waals surface area contributed by atoms with Crippen LogP contribution in [0.25, 0.3) is 0 Å². The molecule has 0 saturated heterocycles. The molecule has 5 heteroatoms. The zero-order valence-electron chi connectivity index (χ0n) is 12.8. The van der Waals surface area contributed by atoms with E-state index in [-0.39, 0.29) is 6.04 Å². The summed E-state index contributed by atoms with van der Waals surface area (Å²) in [6.45, 7) is 4.96. The maximum Gasteiger partial charge on any atom is 0.0850 e. The van der Waals surface area contributed by atoms with Crippen molar-refractivity contribution in [3.63, 3.8) is 0 Å². The second kappa shape index (κ2) is 7.34. The van der Waals surface area contributed by atoms with Gasteiger partial charge in [-0.2, -0.15) is 5.10 Å². The molecule has 0 aliphatic rings. The fourth-order valence-electron chi connectivity index (χ4n) is 2.39. The Bertz CT molecular complexity index is 592. The summed E-state index contributed by atoms with van der Waals surface area (Å²) in [5.74, 6) is 0. The van der Waals surface area contributed by atoms with Crippen LogP contribution in [0.4, 0.5) is 0 Å². The maximum absolute atomic E-state index is 6.45. The molecule has 0 spiro atoms. The third kappa shape index (κ3) is 3.62. The standard InChI is InChI=1S/C16H22ClN3S/c1-4-14-16(17)15(20(5-2)19-14)10-13(18)11-6-8-12(21-3)9-7-11/h6-9,13H,4-5,10,18H2,1-3H3. The van der Waals surface area contributed by atoms with E-state index in [1.165, 1.54) is 4.90 Å². The lowest BCUT2D eigenvalue weighted by atomic mass is 10.0. The number of aryl methyl sites for hydroxylation is 2. The summed E-state index contributed by atoms with van der Waals surface area (Å²) in [6, 6.07) is 8.34. The highest BCUT2D eigenvalue weighted by Gasteiger charge is 2.17. The number of nitrogens with two attached hydrogens (primary N) is 1. The molecule has 0 aliphatic carbocycles. The van der Waals surface area contributed by atoms with E-state index in [1.54, 1.807) is 11.8 Å². The summed E-state index contributed by atoms with van der Waals surface area (Å²) in [5, 5.41) is 5.32. The van der Waals surface area contributed by atoms with Crippen LogP contribution in [-0.2, 0) is 19.4 Å². The summed E-state index contributed by atoms with van der Waals surface area (Å²) in [5.41, 5.74) is 9.48. The molecule has 3 nitrogen and oxygen atoms in total. The highest BCUT2D eigenvalue weighted by molar-refractivity contribution is 7.98. The lowest BCUT2D eigenvalue weighted by Crippen LogP contribution is -2.16.